The molecule has 0 aliphatic heterocycles. The quantitative estimate of drug-likeness (QED) is 0.443. The van der Waals surface area contributed by atoms with Crippen molar-refractivity contribution in [2.45, 2.75) is 6.42 Å². The second-order valence-electron chi connectivity index (χ2n) is 2.94. The molecule has 82 valence electrons. The zero-order valence-electron chi connectivity index (χ0n) is 8.07. The number of carbonyl (C=O) groups is 1. The molecule has 0 aliphatic rings. The summed E-state index contributed by atoms with van der Waals surface area (Å²) in [4.78, 5) is 11.3. The van der Waals surface area contributed by atoms with Gasteiger partial charge >= 0.3 is 5.97 Å². The van der Waals surface area contributed by atoms with Crippen molar-refractivity contribution in [1.82, 2.24) is 0 Å². The summed E-state index contributed by atoms with van der Waals surface area (Å²) in [6.45, 7) is 0.0678. The summed E-state index contributed by atoms with van der Waals surface area (Å²) in [6, 6.07) is 3.47. The van der Waals surface area contributed by atoms with Crippen LogP contribution < -0.4 is 5.73 Å². The molecule has 0 fully saturated rings. The number of carbonyl (C=O) groups excluding carboxylic acids is 1. The number of nitrogens with two attached hydrogens (primary N) is 1. The van der Waals surface area contributed by atoms with Gasteiger partial charge in [0, 0.05) is 18.7 Å². The molecule has 3 N–H and O–H groups in total. The molecule has 1 rings (SSSR count). The van der Waals surface area contributed by atoms with Gasteiger partial charge in [0.15, 0.2) is 0 Å². The Bertz CT molecular complexity index is 355. The highest BCUT2D eigenvalue weighted by atomic mass is 19.1. The second kappa shape index (κ2) is 5.31. The lowest BCUT2D eigenvalue weighted by Crippen LogP contribution is -2.10. The van der Waals surface area contributed by atoms with Gasteiger partial charge in [-0.15, -0.1) is 0 Å². The predicted molar refractivity (Wildman–Crippen MR) is 52.8 cm³/mol. The standard InChI is InChI=1S/C10H12FNO3/c11-7-2-3-8(9(12)6-7)10(14)15-5-1-4-13/h2-3,6,13H,1,4-5,12H2. The third-order valence-corrected chi connectivity index (χ3v) is 1.77. The molecular formula is C10H12FNO3. The van der Waals surface area contributed by atoms with E-state index in [9.17, 15) is 9.18 Å². The number of hydrogen-bond acceptors (Lipinski definition) is 4. The highest BCUT2D eigenvalue weighted by Crippen LogP contribution is 2.14. The zero-order chi connectivity index (χ0) is 11.3. The minimum Gasteiger partial charge on any atom is -0.462 e. The van der Waals surface area contributed by atoms with Crippen molar-refractivity contribution in [3.8, 4) is 0 Å². The molecule has 1 aromatic rings. The van der Waals surface area contributed by atoms with Crippen molar-refractivity contribution < 1.29 is 19.0 Å². The van der Waals surface area contributed by atoms with E-state index in [1.54, 1.807) is 0 Å². The normalized spacial score (nSPS) is 10.0. The molecule has 15 heavy (non-hydrogen) atoms. The van der Waals surface area contributed by atoms with Gasteiger partial charge in [0.2, 0.25) is 0 Å². The van der Waals surface area contributed by atoms with Gasteiger partial charge in [-0.1, -0.05) is 0 Å². The number of anilines is 1. The van der Waals surface area contributed by atoms with E-state index >= 15 is 0 Å². The Morgan fingerprint density at radius 1 is 1.53 bits per heavy atom. The summed E-state index contributed by atoms with van der Waals surface area (Å²) in [5.41, 5.74) is 5.62. The molecule has 1 aromatic carbocycles. The molecule has 0 aliphatic carbocycles. The first-order valence-electron chi connectivity index (χ1n) is 4.48. The number of rotatable bonds is 4. The summed E-state index contributed by atoms with van der Waals surface area (Å²) in [7, 11) is 0. The topological polar surface area (TPSA) is 72.6 Å². The molecule has 0 unspecified atom stereocenters. The van der Waals surface area contributed by atoms with Gasteiger partial charge in [-0.25, -0.2) is 9.18 Å². The lowest BCUT2D eigenvalue weighted by atomic mass is 10.2. The van der Waals surface area contributed by atoms with Crippen LogP contribution in [-0.4, -0.2) is 24.3 Å². The summed E-state index contributed by atoms with van der Waals surface area (Å²) >= 11 is 0. The highest BCUT2D eigenvalue weighted by Gasteiger charge is 2.11. The maximum absolute atomic E-state index is 12.7. The molecule has 0 bridgehead atoms. The first kappa shape index (κ1) is 11.5. The van der Waals surface area contributed by atoms with E-state index in [0.29, 0.717) is 6.42 Å². The molecule has 0 radical (unpaired) electrons. The molecule has 0 heterocycles. The summed E-state index contributed by atoms with van der Waals surface area (Å²) in [5, 5.41) is 8.48. The average Bonchev–Trinajstić information content (AvgIpc) is 2.17. The van der Waals surface area contributed by atoms with Crippen LogP contribution in [0.25, 0.3) is 0 Å². The molecule has 4 nitrogen and oxygen atoms in total. The Morgan fingerprint density at radius 3 is 2.87 bits per heavy atom. The van der Waals surface area contributed by atoms with Gasteiger partial charge in [-0.2, -0.15) is 0 Å². The average molecular weight is 213 g/mol. The van der Waals surface area contributed by atoms with E-state index in [2.05, 4.69) is 0 Å². The van der Waals surface area contributed by atoms with Crippen LogP contribution in [0.2, 0.25) is 0 Å². The Morgan fingerprint density at radius 2 is 2.27 bits per heavy atom. The van der Waals surface area contributed by atoms with E-state index in [0.717, 1.165) is 12.1 Å². The van der Waals surface area contributed by atoms with Crippen LogP contribution >= 0.6 is 0 Å². The van der Waals surface area contributed by atoms with Crippen molar-refractivity contribution in [2.24, 2.45) is 0 Å². The number of hydrogen-bond donors (Lipinski definition) is 2. The third kappa shape index (κ3) is 3.21. The fourth-order valence-corrected chi connectivity index (χ4v) is 1.03. The summed E-state index contributed by atoms with van der Waals surface area (Å²) in [5.74, 6) is -1.11. The van der Waals surface area contributed by atoms with E-state index in [1.165, 1.54) is 6.07 Å². The third-order valence-electron chi connectivity index (χ3n) is 1.77. The van der Waals surface area contributed by atoms with Crippen LogP contribution in [0.3, 0.4) is 0 Å². The van der Waals surface area contributed by atoms with Gasteiger partial charge in [0.05, 0.1) is 12.2 Å². The predicted octanol–water partition coefficient (Wildman–Crippen LogP) is 0.947. The summed E-state index contributed by atoms with van der Waals surface area (Å²) in [6.07, 6.45) is 0.368. The Labute approximate surface area is 86.5 Å². The van der Waals surface area contributed by atoms with E-state index in [-0.39, 0.29) is 24.5 Å². The Hall–Kier alpha value is -1.62. The Kier molecular flexibility index (Phi) is 4.05. The number of ether oxygens (including phenoxy) is 1. The highest BCUT2D eigenvalue weighted by molar-refractivity contribution is 5.94. The van der Waals surface area contributed by atoms with Gasteiger partial charge in [-0.05, 0) is 18.2 Å². The minimum atomic E-state index is -0.610. The number of aliphatic hydroxyl groups excluding tert-OH is 1. The number of esters is 1. The maximum atomic E-state index is 12.7. The molecule has 0 saturated carbocycles. The number of halogens is 1. The fourth-order valence-electron chi connectivity index (χ4n) is 1.03. The van der Waals surface area contributed by atoms with E-state index < -0.39 is 11.8 Å². The smallest absolute Gasteiger partial charge is 0.340 e. The molecule has 0 spiro atoms. The molecule has 0 amide bonds. The van der Waals surface area contributed by atoms with E-state index in [1.807, 2.05) is 0 Å². The van der Waals surface area contributed by atoms with Crippen molar-refractivity contribution in [3.63, 3.8) is 0 Å². The number of nitrogen functional groups attached to an aromatic ring is 1. The van der Waals surface area contributed by atoms with Crippen molar-refractivity contribution in [1.29, 1.82) is 0 Å². The van der Waals surface area contributed by atoms with Crippen LogP contribution in [0.1, 0.15) is 16.8 Å². The van der Waals surface area contributed by atoms with Gasteiger partial charge in [-0.3, -0.25) is 0 Å². The van der Waals surface area contributed by atoms with Crippen LogP contribution in [0.5, 0.6) is 0 Å². The summed E-state index contributed by atoms with van der Waals surface area (Å²) < 4.78 is 17.4. The van der Waals surface area contributed by atoms with Crippen molar-refractivity contribution in [2.75, 3.05) is 18.9 Å². The lowest BCUT2D eigenvalue weighted by molar-refractivity contribution is 0.0483. The number of aliphatic hydroxyl groups is 1. The van der Waals surface area contributed by atoms with Crippen LogP contribution in [0.15, 0.2) is 18.2 Å². The SMILES string of the molecule is Nc1cc(F)ccc1C(=O)OCCCO. The monoisotopic (exact) mass is 213 g/mol. The first-order chi connectivity index (χ1) is 7.15. The van der Waals surface area contributed by atoms with Gasteiger partial charge in [0.1, 0.15) is 5.82 Å². The van der Waals surface area contributed by atoms with Crippen molar-refractivity contribution in [3.05, 3.63) is 29.6 Å². The molecule has 0 saturated heterocycles. The Balaban J connectivity index is 2.65. The zero-order valence-corrected chi connectivity index (χ0v) is 8.07. The van der Waals surface area contributed by atoms with E-state index in [4.69, 9.17) is 15.6 Å². The second-order valence-corrected chi connectivity index (χ2v) is 2.94. The van der Waals surface area contributed by atoms with Crippen LogP contribution in [0, 0.1) is 5.82 Å². The number of benzene rings is 1. The van der Waals surface area contributed by atoms with Crippen LogP contribution in [0.4, 0.5) is 10.1 Å². The molecule has 0 atom stereocenters. The fraction of sp³-hybridized carbons (Fsp3) is 0.300. The van der Waals surface area contributed by atoms with Crippen molar-refractivity contribution >= 4 is 11.7 Å². The van der Waals surface area contributed by atoms with Gasteiger partial charge in [0.25, 0.3) is 0 Å². The molecule has 0 aromatic heterocycles. The largest absolute Gasteiger partial charge is 0.462 e. The minimum absolute atomic E-state index is 0.0454. The first-order valence-corrected chi connectivity index (χ1v) is 4.48. The lowest BCUT2D eigenvalue weighted by Gasteiger charge is -2.05. The molecule has 5 heteroatoms. The van der Waals surface area contributed by atoms with Gasteiger partial charge < -0.3 is 15.6 Å². The molecular weight excluding hydrogens is 201 g/mol. The maximum Gasteiger partial charge on any atom is 0.340 e. The van der Waals surface area contributed by atoms with Crippen LogP contribution in [-0.2, 0) is 4.74 Å².